The molecule has 2 saturated heterocycles. The number of nitrogens with one attached hydrogen (secondary N) is 1. The highest BCUT2D eigenvalue weighted by atomic mass is 16.5. The Morgan fingerprint density at radius 2 is 1.97 bits per heavy atom. The Bertz CT molecular complexity index is 719. The zero-order valence-corrected chi connectivity index (χ0v) is 17.7. The molecule has 31 heavy (non-hydrogen) atoms. The van der Waals surface area contributed by atoms with Crippen LogP contribution in [0, 0.1) is 5.92 Å². The van der Waals surface area contributed by atoms with Gasteiger partial charge in [0.15, 0.2) is 0 Å². The number of carbonyl (C=O) groups is 3. The van der Waals surface area contributed by atoms with Gasteiger partial charge in [-0.2, -0.15) is 5.10 Å². The van der Waals surface area contributed by atoms with Crippen LogP contribution in [0.5, 0.6) is 0 Å². The molecule has 3 atom stereocenters. The molecule has 0 spiro atoms. The topological polar surface area (TPSA) is 136 Å². The molecule has 0 aromatic carbocycles. The van der Waals surface area contributed by atoms with E-state index in [1.54, 1.807) is 6.20 Å². The summed E-state index contributed by atoms with van der Waals surface area (Å²) < 4.78 is 5.93. The smallest absolute Gasteiger partial charge is 0.290 e. The quantitative estimate of drug-likeness (QED) is 0.582. The number of ether oxygens (including phenoxy) is 1. The summed E-state index contributed by atoms with van der Waals surface area (Å²) in [5, 5.41) is 23.3. The highest BCUT2D eigenvalue weighted by Crippen LogP contribution is 2.34. The van der Waals surface area contributed by atoms with Crippen LogP contribution in [0.25, 0.3) is 0 Å². The first-order valence-corrected chi connectivity index (χ1v) is 11.0. The van der Waals surface area contributed by atoms with Crippen molar-refractivity contribution < 1.29 is 29.3 Å². The third-order valence-electron chi connectivity index (χ3n) is 6.45. The lowest BCUT2D eigenvalue weighted by atomic mass is 9.81. The minimum Gasteiger partial charge on any atom is -0.483 e. The molecular weight excluding hydrogens is 404 g/mol. The number of morpholine rings is 1. The zero-order valence-electron chi connectivity index (χ0n) is 17.7. The van der Waals surface area contributed by atoms with Crippen molar-refractivity contribution in [2.24, 2.45) is 5.92 Å². The maximum Gasteiger partial charge on any atom is 0.290 e. The van der Waals surface area contributed by atoms with E-state index >= 15 is 0 Å². The van der Waals surface area contributed by atoms with Gasteiger partial charge in [-0.15, -0.1) is 0 Å². The number of aromatic amines is 1. The van der Waals surface area contributed by atoms with E-state index in [-0.39, 0.29) is 42.5 Å². The van der Waals surface area contributed by atoms with E-state index in [2.05, 4.69) is 10.2 Å². The molecule has 2 aliphatic heterocycles. The second-order valence-electron chi connectivity index (χ2n) is 8.34. The standard InChI is InChI=1S/C20H30N4O4.CH2O2/c25-16-5-7-23(8-6-16)20(27)15-2-3-18-17(11-15)24(9-10-28-18)19(26)4-1-14-12-21-22-13-14;2-1-3/h12-13,15-18,25H,1-11H2,(H,21,22);1H,(H,2,3)/t15-,17+,18+;/m0./s1. The van der Waals surface area contributed by atoms with E-state index in [0.29, 0.717) is 58.3 Å². The Hall–Kier alpha value is -2.46. The zero-order chi connectivity index (χ0) is 22.2. The maximum absolute atomic E-state index is 13.0. The van der Waals surface area contributed by atoms with Crippen LogP contribution in [0.1, 0.15) is 44.1 Å². The molecule has 1 aliphatic carbocycles. The van der Waals surface area contributed by atoms with Crippen molar-refractivity contribution >= 4 is 18.3 Å². The molecule has 3 aliphatic rings. The van der Waals surface area contributed by atoms with Crippen LogP contribution in [-0.2, 0) is 25.5 Å². The van der Waals surface area contributed by atoms with Gasteiger partial charge >= 0.3 is 0 Å². The van der Waals surface area contributed by atoms with Crippen LogP contribution >= 0.6 is 0 Å². The molecule has 3 N–H and O–H groups in total. The van der Waals surface area contributed by atoms with E-state index in [1.165, 1.54) is 0 Å². The number of H-pyrrole nitrogens is 1. The molecule has 2 amide bonds. The Kier molecular flexibility index (Phi) is 8.42. The predicted octanol–water partition coefficient (Wildman–Crippen LogP) is 0.423. The van der Waals surface area contributed by atoms with Crippen molar-refractivity contribution in [1.82, 2.24) is 20.0 Å². The van der Waals surface area contributed by atoms with E-state index < -0.39 is 0 Å². The first kappa shape index (κ1) is 23.2. The van der Waals surface area contributed by atoms with E-state index in [1.807, 2.05) is 16.0 Å². The van der Waals surface area contributed by atoms with Crippen molar-refractivity contribution in [2.45, 2.75) is 63.2 Å². The highest BCUT2D eigenvalue weighted by Gasteiger charge is 2.42. The highest BCUT2D eigenvalue weighted by molar-refractivity contribution is 5.80. The predicted molar refractivity (Wildman–Crippen MR) is 110 cm³/mol. The van der Waals surface area contributed by atoms with E-state index in [9.17, 15) is 14.7 Å². The molecule has 1 aromatic rings. The fraction of sp³-hybridized carbons (Fsp3) is 0.714. The fourth-order valence-corrected chi connectivity index (χ4v) is 4.80. The first-order valence-electron chi connectivity index (χ1n) is 11.0. The maximum atomic E-state index is 13.0. The number of aromatic nitrogens is 2. The molecular formula is C21H32N4O6. The molecule has 1 aromatic heterocycles. The SMILES string of the molecule is O=C([C@H]1CC[C@H]2OCCN(C(=O)CCc3cn[nH]c3)[C@@H]2C1)N1CCC(O)CC1.O=CO. The van der Waals surface area contributed by atoms with E-state index in [0.717, 1.165) is 18.4 Å². The minimum absolute atomic E-state index is 0.0105. The van der Waals surface area contributed by atoms with Gasteiger partial charge in [-0.1, -0.05) is 0 Å². The average molecular weight is 437 g/mol. The van der Waals surface area contributed by atoms with Crippen LogP contribution in [0.2, 0.25) is 0 Å². The van der Waals surface area contributed by atoms with E-state index in [4.69, 9.17) is 14.6 Å². The molecule has 172 valence electrons. The number of hydrogen-bond donors (Lipinski definition) is 3. The summed E-state index contributed by atoms with van der Waals surface area (Å²) in [6, 6.07) is -0.0105. The van der Waals surface area contributed by atoms with Crippen LogP contribution in [0.3, 0.4) is 0 Å². The summed E-state index contributed by atoms with van der Waals surface area (Å²) in [5.74, 6) is 0.262. The third-order valence-corrected chi connectivity index (χ3v) is 6.45. The minimum atomic E-state index is -0.283. The van der Waals surface area contributed by atoms with Gasteiger partial charge in [-0.05, 0) is 44.1 Å². The summed E-state index contributed by atoms with van der Waals surface area (Å²) in [6.07, 6.45) is 8.08. The van der Waals surface area contributed by atoms with Crippen molar-refractivity contribution in [2.75, 3.05) is 26.2 Å². The fourth-order valence-electron chi connectivity index (χ4n) is 4.80. The van der Waals surface area contributed by atoms with Gasteiger partial charge in [-0.25, -0.2) is 0 Å². The number of nitrogens with zero attached hydrogens (tertiary/aromatic N) is 3. The van der Waals surface area contributed by atoms with Gasteiger partial charge in [0.2, 0.25) is 11.8 Å². The molecule has 10 heteroatoms. The second kappa shape index (κ2) is 11.2. The van der Waals surface area contributed by atoms with Crippen LogP contribution in [0.4, 0.5) is 0 Å². The number of aliphatic hydroxyl groups excluding tert-OH is 1. The molecule has 1 saturated carbocycles. The number of carbonyl (C=O) groups excluding carboxylic acids is 2. The number of rotatable bonds is 4. The number of piperidine rings is 1. The number of aliphatic hydroxyl groups is 1. The van der Waals surface area contributed by atoms with Gasteiger partial charge in [0.25, 0.3) is 6.47 Å². The van der Waals surface area contributed by atoms with Gasteiger partial charge in [0.1, 0.15) is 0 Å². The Balaban J connectivity index is 0.000000858. The Morgan fingerprint density at radius 3 is 2.65 bits per heavy atom. The van der Waals surface area contributed by atoms with Gasteiger partial charge < -0.3 is 24.7 Å². The summed E-state index contributed by atoms with van der Waals surface area (Å²) in [6.45, 7) is 2.19. The Labute approximate surface area is 181 Å². The number of fused-ring (bicyclic) bond motifs is 1. The molecule has 0 bridgehead atoms. The largest absolute Gasteiger partial charge is 0.483 e. The van der Waals surface area contributed by atoms with Crippen LogP contribution in [-0.4, -0.2) is 93.0 Å². The van der Waals surface area contributed by atoms with Crippen molar-refractivity contribution in [3.63, 3.8) is 0 Å². The lowest BCUT2D eigenvalue weighted by molar-refractivity contribution is -0.157. The van der Waals surface area contributed by atoms with Crippen molar-refractivity contribution in [3.8, 4) is 0 Å². The van der Waals surface area contributed by atoms with Crippen LogP contribution in [0.15, 0.2) is 12.4 Å². The number of likely N-dealkylation sites (tertiary alicyclic amines) is 1. The van der Waals surface area contributed by atoms with Crippen molar-refractivity contribution in [1.29, 1.82) is 0 Å². The summed E-state index contributed by atoms with van der Waals surface area (Å²) >= 11 is 0. The van der Waals surface area contributed by atoms with Gasteiger partial charge in [0, 0.05) is 38.2 Å². The molecule has 3 heterocycles. The van der Waals surface area contributed by atoms with Crippen molar-refractivity contribution in [3.05, 3.63) is 18.0 Å². The summed E-state index contributed by atoms with van der Waals surface area (Å²) in [4.78, 5) is 38.1. The van der Waals surface area contributed by atoms with Crippen LogP contribution < -0.4 is 0 Å². The lowest BCUT2D eigenvalue weighted by Gasteiger charge is -2.46. The summed E-state index contributed by atoms with van der Waals surface area (Å²) in [5.41, 5.74) is 1.03. The molecule has 0 radical (unpaired) electrons. The normalized spacial score (nSPS) is 26.4. The molecule has 3 fully saturated rings. The number of carboxylic acid groups (broad SMARTS) is 1. The average Bonchev–Trinajstić information content (AvgIpc) is 3.31. The Morgan fingerprint density at radius 1 is 1.23 bits per heavy atom. The first-order chi connectivity index (χ1) is 15.0. The third kappa shape index (κ3) is 6.04. The molecule has 0 unspecified atom stereocenters. The van der Waals surface area contributed by atoms with Gasteiger partial charge in [-0.3, -0.25) is 19.5 Å². The van der Waals surface area contributed by atoms with Gasteiger partial charge in [0.05, 0.1) is 31.1 Å². The second-order valence-corrected chi connectivity index (χ2v) is 8.34. The number of hydrogen-bond acceptors (Lipinski definition) is 6. The molecule has 10 nitrogen and oxygen atoms in total. The summed E-state index contributed by atoms with van der Waals surface area (Å²) in [7, 11) is 0. The lowest BCUT2D eigenvalue weighted by Crippen LogP contribution is -2.57. The number of amides is 2. The monoisotopic (exact) mass is 436 g/mol. The number of aryl methyl sites for hydroxylation is 1. The molecule has 4 rings (SSSR count).